The number of nitrogens with zero attached hydrogens (tertiary/aromatic N) is 1. The highest BCUT2D eigenvalue weighted by molar-refractivity contribution is 5.56. The molecular weight excluding hydrogens is 238 g/mol. The number of benzene rings is 1. The molecule has 2 N–H and O–H groups in total. The molecule has 1 aromatic rings. The maximum atomic E-state index is 10.2. The lowest BCUT2D eigenvalue weighted by atomic mass is 10.0. The van der Waals surface area contributed by atoms with Crippen molar-refractivity contribution >= 4 is 5.69 Å². The zero-order valence-corrected chi connectivity index (χ0v) is 11.8. The van der Waals surface area contributed by atoms with Crippen LogP contribution >= 0.6 is 0 Å². The SMILES string of the molecule is CC[C@H](O)c1ccccc1N1CCCC1CCCO. The van der Waals surface area contributed by atoms with Crippen molar-refractivity contribution in [2.75, 3.05) is 18.1 Å². The zero-order chi connectivity index (χ0) is 13.7. The number of hydrogen-bond donors (Lipinski definition) is 2. The van der Waals surface area contributed by atoms with Crippen molar-refractivity contribution in [1.82, 2.24) is 0 Å². The van der Waals surface area contributed by atoms with E-state index in [2.05, 4.69) is 11.0 Å². The van der Waals surface area contributed by atoms with Gasteiger partial charge in [-0.25, -0.2) is 0 Å². The lowest BCUT2D eigenvalue weighted by Crippen LogP contribution is -2.30. The highest BCUT2D eigenvalue weighted by Gasteiger charge is 2.26. The normalized spacial score (nSPS) is 20.8. The summed E-state index contributed by atoms with van der Waals surface area (Å²) < 4.78 is 0. The van der Waals surface area contributed by atoms with Gasteiger partial charge in [0.1, 0.15) is 0 Å². The molecule has 1 saturated heterocycles. The Morgan fingerprint density at radius 3 is 2.89 bits per heavy atom. The standard InChI is InChI=1S/C16H25NO2/c1-2-16(19)14-9-3-4-10-15(14)17-11-5-7-13(17)8-6-12-18/h3-4,9-10,13,16,18-19H,2,5-8,11-12H2,1H3/t13?,16-/m0/s1. The second-order valence-electron chi connectivity index (χ2n) is 5.34. The van der Waals surface area contributed by atoms with Crippen molar-refractivity contribution in [2.45, 2.75) is 51.2 Å². The maximum absolute atomic E-state index is 10.2. The van der Waals surface area contributed by atoms with E-state index in [9.17, 15) is 5.11 Å². The molecule has 1 unspecified atom stereocenters. The van der Waals surface area contributed by atoms with Crippen LogP contribution < -0.4 is 4.90 Å². The summed E-state index contributed by atoms with van der Waals surface area (Å²) in [4.78, 5) is 2.42. The third kappa shape index (κ3) is 3.28. The van der Waals surface area contributed by atoms with Crippen molar-refractivity contribution in [1.29, 1.82) is 0 Å². The lowest BCUT2D eigenvalue weighted by molar-refractivity contribution is 0.174. The third-order valence-corrected chi connectivity index (χ3v) is 4.06. The van der Waals surface area contributed by atoms with Crippen LogP contribution in [-0.2, 0) is 0 Å². The molecular formula is C16H25NO2. The molecule has 1 aliphatic heterocycles. The first kappa shape index (κ1) is 14.4. The Balaban J connectivity index is 2.20. The Morgan fingerprint density at radius 2 is 2.16 bits per heavy atom. The molecule has 0 amide bonds. The summed E-state index contributed by atoms with van der Waals surface area (Å²) in [5.41, 5.74) is 2.22. The zero-order valence-electron chi connectivity index (χ0n) is 11.8. The minimum Gasteiger partial charge on any atom is -0.396 e. The van der Waals surface area contributed by atoms with Crippen molar-refractivity contribution in [3.05, 3.63) is 29.8 Å². The summed E-state index contributed by atoms with van der Waals surface area (Å²) in [6, 6.07) is 8.70. The highest BCUT2D eigenvalue weighted by atomic mass is 16.3. The van der Waals surface area contributed by atoms with Crippen LogP contribution in [0.3, 0.4) is 0 Å². The molecule has 106 valence electrons. The number of anilines is 1. The summed E-state index contributed by atoms with van der Waals surface area (Å²) >= 11 is 0. The number of aliphatic hydroxyl groups is 2. The van der Waals surface area contributed by atoms with Gasteiger partial charge in [-0.3, -0.25) is 0 Å². The van der Waals surface area contributed by atoms with E-state index in [-0.39, 0.29) is 12.7 Å². The van der Waals surface area contributed by atoms with E-state index < -0.39 is 0 Å². The Morgan fingerprint density at radius 1 is 1.37 bits per heavy atom. The highest BCUT2D eigenvalue weighted by Crippen LogP contribution is 2.34. The average Bonchev–Trinajstić information content (AvgIpc) is 2.92. The van der Waals surface area contributed by atoms with Crippen LogP contribution in [0.15, 0.2) is 24.3 Å². The molecule has 0 bridgehead atoms. The predicted molar refractivity (Wildman–Crippen MR) is 78.4 cm³/mol. The van der Waals surface area contributed by atoms with Crippen LogP contribution in [0.2, 0.25) is 0 Å². The predicted octanol–water partition coefficient (Wildman–Crippen LogP) is 2.87. The molecule has 1 aliphatic rings. The molecule has 0 spiro atoms. The first-order valence-electron chi connectivity index (χ1n) is 7.42. The molecule has 0 saturated carbocycles. The topological polar surface area (TPSA) is 43.7 Å². The molecule has 3 heteroatoms. The lowest BCUT2D eigenvalue weighted by Gasteiger charge is -2.30. The molecule has 1 heterocycles. The van der Waals surface area contributed by atoms with Gasteiger partial charge in [0.05, 0.1) is 6.10 Å². The van der Waals surface area contributed by atoms with Crippen molar-refractivity contribution in [3.8, 4) is 0 Å². The molecule has 19 heavy (non-hydrogen) atoms. The molecule has 0 radical (unpaired) electrons. The second kappa shape index (κ2) is 6.92. The third-order valence-electron chi connectivity index (χ3n) is 4.06. The van der Waals surface area contributed by atoms with Crippen LogP contribution in [0.1, 0.15) is 50.7 Å². The first-order chi connectivity index (χ1) is 9.27. The van der Waals surface area contributed by atoms with Gasteiger partial charge in [0, 0.05) is 30.4 Å². The van der Waals surface area contributed by atoms with Gasteiger partial charge in [0.25, 0.3) is 0 Å². The maximum Gasteiger partial charge on any atom is 0.0807 e. The van der Waals surface area contributed by atoms with Crippen LogP contribution in [0, 0.1) is 0 Å². The van der Waals surface area contributed by atoms with Crippen LogP contribution in [0.4, 0.5) is 5.69 Å². The molecule has 3 nitrogen and oxygen atoms in total. The van der Waals surface area contributed by atoms with E-state index in [0.717, 1.165) is 31.4 Å². The molecule has 2 atom stereocenters. The van der Waals surface area contributed by atoms with E-state index in [1.165, 1.54) is 18.5 Å². The van der Waals surface area contributed by atoms with Gasteiger partial charge in [-0.05, 0) is 38.2 Å². The van der Waals surface area contributed by atoms with Crippen molar-refractivity contribution in [2.24, 2.45) is 0 Å². The van der Waals surface area contributed by atoms with E-state index in [0.29, 0.717) is 6.04 Å². The molecule has 0 aromatic heterocycles. The number of para-hydroxylation sites is 1. The summed E-state index contributed by atoms with van der Waals surface area (Å²) in [7, 11) is 0. The first-order valence-corrected chi connectivity index (χ1v) is 7.42. The van der Waals surface area contributed by atoms with Crippen LogP contribution in [0.25, 0.3) is 0 Å². The summed E-state index contributed by atoms with van der Waals surface area (Å²) in [5.74, 6) is 0. The van der Waals surface area contributed by atoms with Gasteiger partial charge in [-0.1, -0.05) is 25.1 Å². The number of aliphatic hydroxyl groups excluding tert-OH is 2. The van der Waals surface area contributed by atoms with Gasteiger partial charge in [0.2, 0.25) is 0 Å². The molecule has 1 fully saturated rings. The second-order valence-corrected chi connectivity index (χ2v) is 5.34. The Kier molecular flexibility index (Phi) is 5.23. The fraction of sp³-hybridized carbons (Fsp3) is 0.625. The monoisotopic (exact) mass is 263 g/mol. The van der Waals surface area contributed by atoms with Crippen LogP contribution in [0.5, 0.6) is 0 Å². The van der Waals surface area contributed by atoms with Gasteiger partial charge >= 0.3 is 0 Å². The van der Waals surface area contributed by atoms with Gasteiger partial charge < -0.3 is 15.1 Å². The summed E-state index contributed by atoms with van der Waals surface area (Å²) in [6.07, 6.45) is 4.65. The number of hydrogen-bond acceptors (Lipinski definition) is 3. The fourth-order valence-electron chi connectivity index (χ4n) is 3.03. The minimum atomic E-state index is -0.379. The summed E-state index contributed by atoms with van der Waals surface area (Å²) in [6.45, 7) is 3.34. The fourth-order valence-corrected chi connectivity index (χ4v) is 3.03. The Labute approximate surface area is 115 Å². The Bertz CT molecular complexity index is 394. The quantitative estimate of drug-likeness (QED) is 0.829. The van der Waals surface area contributed by atoms with Crippen LogP contribution in [-0.4, -0.2) is 29.4 Å². The molecule has 2 rings (SSSR count). The van der Waals surface area contributed by atoms with E-state index >= 15 is 0 Å². The van der Waals surface area contributed by atoms with E-state index in [4.69, 9.17) is 5.11 Å². The average molecular weight is 263 g/mol. The van der Waals surface area contributed by atoms with E-state index in [1.54, 1.807) is 0 Å². The van der Waals surface area contributed by atoms with Crippen molar-refractivity contribution < 1.29 is 10.2 Å². The minimum absolute atomic E-state index is 0.267. The molecule has 1 aromatic carbocycles. The van der Waals surface area contributed by atoms with Gasteiger partial charge in [0.15, 0.2) is 0 Å². The largest absolute Gasteiger partial charge is 0.396 e. The van der Waals surface area contributed by atoms with E-state index in [1.807, 2.05) is 25.1 Å². The summed E-state index contributed by atoms with van der Waals surface area (Å²) in [5, 5.41) is 19.2. The van der Waals surface area contributed by atoms with Gasteiger partial charge in [-0.2, -0.15) is 0 Å². The smallest absolute Gasteiger partial charge is 0.0807 e. The molecule has 0 aliphatic carbocycles. The van der Waals surface area contributed by atoms with Crippen molar-refractivity contribution in [3.63, 3.8) is 0 Å². The Hall–Kier alpha value is -1.06. The van der Waals surface area contributed by atoms with Gasteiger partial charge in [-0.15, -0.1) is 0 Å². The number of rotatable bonds is 6.